The Morgan fingerprint density at radius 3 is 1.46 bits per heavy atom. The van der Waals surface area contributed by atoms with Crippen LogP contribution < -0.4 is 19.6 Å². The van der Waals surface area contributed by atoms with E-state index in [-0.39, 0.29) is 13.2 Å². The molecular formula is C35H30N2O4. The maximum absolute atomic E-state index is 13.2. The van der Waals surface area contributed by atoms with Crippen molar-refractivity contribution < 1.29 is 19.0 Å². The molecule has 0 unspecified atom stereocenters. The summed E-state index contributed by atoms with van der Waals surface area (Å²) in [7, 11) is 0. The lowest BCUT2D eigenvalue weighted by Gasteiger charge is -2.19. The second-order valence-electron chi connectivity index (χ2n) is 9.23. The predicted octanol–water partition coefficient (Wildman–Crippen LogP) is 7.19. The van der Waals surface area contributed by atoms with Gasteiger partial charge in [-0.2, -0.15) is 5.10 Å². The third-order valence-corrected chi connectivity index (χ3v) is 6.16. The Bertz CT molecular complexity index is 1490. The van der Waals surface area contributed by atoms with Crippen molar-refractivity contribution in [3.63, 3.8) is 0 Å². The van der Waals surface area contributed by atoms with Crippen molar-refractivity contribution in [2.24, 2.45) is 5.10 Å². The highest BCUT2D eigenvalue weighted by Gasteiger charge is 2.20. The molecule has 1 amide bonds. The Morgan fingerprint density at radius 2 is 1.00 bits per heavy atom. The van der Waals surface area contributed by atoms with Crippen molar-refractivity contribution in [3.8, 4) is 17.2 Å². The number of carbonyl (C=O) groups excluding carboxylic acids is 1. The molecule has 0 aromatic heterocycles. The molecule has 0 saturated heterocycles. The van der Waals surface area contributed by atoms with Crippen LogP contribution in [0.25, 0.3) is 0 Å². The molecule has 0 bridgehead atoms. The number of hydrazone groups is 1. The van der Waals surface area contributed by atoms with E-state index < -0.39 is 5.91 Å². The van der Waals surface area contributed by atoms with Gasteiger partial charge in [0, 0.05) is 5.56 Å². The van der Waals surface area contributed by atoms with Gasteiger partial charge in [-0.15, -0.1) is 0 Å². The molecule has 0 heterocycles. The highest BCUT2D eigenvalue weighted by atomic mass is 16.5. The first-order valence-electron chi connectivity index (χ1n) is 13.3. The number of carbonyl (C=O) groups is 1. The molecule has 6 heteroatoms. The quantitative estimate of drug-likeness (QED) is 0.134. The SMILES string of the molecule is O=C(N/N=C\c1ccccc1)c1cc(OCc2ccccc2)c(OCc2ccccc2)c(OCc2ccccc2)c1. The summed E-state index contributed by atoms with van der Waals surface area (Å²) in [6.07, 6.45) is 1.59. The molecule has 0 atom stereocenters. The van der Waals surface area contributed by atoms with E-state index in [1.54, 1.807) is 18.3 Å². The Balaban J connectivity index is 1.45. The summed E-state index contributed by atoms with van der Waals surface area (Å²) in [5.74, 6) is 0.811. The summed E-state index contributed by atoms with van der Waals surface area (Å²) in [6.45, 7) is 0.882. The van der Waals surface area contributed by atoms with E-state index in [9.17, 15) is 4.79 Å². The Morgan fingerprint density at radius 1 is 0.585 bits per heavy atom. The standard InChI is InChI=1S/C35H30N2O4/c38-35(37-36-23-27-13-5-1-6-14-27)31-21-32(39-24-28-15-7-2-8-16-28)34(41-26-30-19-11-4-12-20-30)33(22-31)40-25-29-17-9-3-10-18-29/h1-23H,24-26H2,(H,37,38)/b36-23-. The smallest absolute Gasteiger partial charge is 0.271 e. The van der Waals surface area contributed by atoms with Gasteiger partial charge in [-0.3, -0.25) is 4.79 Å². The van der Waals surface area contributed by atoms with Crippen molar-refractivity contribution in [1.82, 2.24) is 5.43 Å². The van der Waals surface area contributed by atoms with Crippen molar-refractivity contribution in [2.45, 2.75) is 19.8 Å². The molecule has 6 nitrogen and oxygen atoms in total. The number of rotatable bonds is 12. The van der Waals surface area contributed by atoms with E-state index >= 15 is 0 Å². The van der Waals surface area contributed by atoms with Crippen molar-refractivity contribution in [2.75, 3.05) is 0 Å². The third kappa shape index (κ3) is 8.07. The summed E-state index contributed by atoms with van der Waals surface area (Å²) in [6, 6.07) is 42.3. The van der Waals surface area contributed by atoms with Crippen LogP contribution in [0.3, 0.4) is 0 Å². The van der Waals surface area contributed by atoms with E-state index in [1.165, 1.54) is 0 Å². The molecule has 0 fully saturated rings. The summed E-state index contributed by atoms with van der Waals surface area (Å²) in [5.41, 5.74) is 6.76. The van der Waals surface area contributed by atoms with E-state index in [0.29, 0.717) is 29.4 Å². The number of hydrogen-bond acceptors (Lipinski definition) is 5. The predicted molar refractivity (Wildman–Crippen MR) is 160 cm³/mol. The van der Waals surface area contributed by atoms with Gasteiger partial charge in [0.15, 0.2) is 11.5 Å². The molecule has 0 spiro atoms. The van der Waals surface area contributed by atoms with Crippen LogP contribution >= 0.6 is 0 Å². The topological polar surface area (TPSA) is 69.2 Å². The Hall–Kier alpha value is -5.36. The number of hydrogen-bond donors (Lipinski definition) is 1. The van der Waals surface area contributed by atoms with Crippen molar-refractivity contribution in [3.05, 3.63) is 161 Å². The first-order chi connectivity index (χ1) is 20.2. The third-order valence-electron chi connectivity index (χ3n) is 6.16. The molecule has 0 radical (unpaired) electrons. The summed E-state index contributed by atoms with van der Waals surface area (Å²) in [4.78, 5) is 13.2. The zero-order chi connectivity index (χ0) is 28.1. The average molecular weight is 543 g/mol. The number of benzene rings is 5. The first-order valence-corrected chi connectivity index (χ1v) is 13.3. The highest BCUT2D eigenvalue weighted by Crippen LogP contribution is 2.40. The molecule has 1 N–H and O–H groups in total. The zero-order valence-corrected chi connectivity index (χ0v) is 22.5. The molecule has 0 aliphatic rings. The minimum absolute atomic E-state index is 0.290. The van der Waals surface area contributed by atoms with Crippen molar-refractivity contribution in [1.29, 1.82) is 0 Å². The number of ether oxygens (including phenoxy) is 3. The molecule has 0 aliphatic heterocycles. The minimum Gasteiger partial charge on any atom is -0.485 e. The van der Waals surface area contributed by atoms with E-state index in [0.717, 1.165) is 22.3 Å². The van der Waals surface area contributed by atoms with Crippen LogP contribution in [0.4, 0.5) is 0 Å². The maximum Gasteiger partial charge on any atom is 0.271 e. The van der Waals surface area contributed by atoms with E-state index in [4.69, 9.17) is 14.2 Å². The zero-order valence-electron chi connectivity index (χ0n) is 22.5. The van der Waals surface area contributed by atoms with E-state index in [1.807, 2.05) is 121 Å². The van der Waals surface area contributed by atoms with Gasteiger partial charge in [-0.25, -0.2) is 5.43 Å². The summed E-state index contributed by atoms with van der Waals surface area (Å²) in [5, 5.41) is 4.13. The molecule has 41 heavy (non-hydrogen) atoms. The molecule has 5 aromatic carbocycles. The van der Waals surface area contributed by atoms with Gasteiger partial charge < -0.3 is 14.2 Å². The van der Waals surface area contributed by atoms with Gasteiger partial charge in [-0.05, 0) is 34.4 Å². The molecular weight excluding hydrogens is 512 g/mol. The van der Waals surface area contributed by atoms with Gasteiger partial charge >= 0.3 is 0 Å². The largest absolute Gasteiger partial charge is 0.485 e. The monoisotopic (exact) mass is 542 g/mol. The fraction of sp³-hybridized carbons (Fsp3) is 0.0857. The van der Waals surface area contributed by atoms with Gasteiger partial charge in [0.25, 0.3) is 5.91 Å². The highest BCUT2D eigenvalue weighted by molar-refractivity contribution is 5.96. The van der Waals surface area contributed by atoms with Crippen LogP contribution in [0.2, 0.25) is 0 Å². The molecule has 5 rings (SSSR count). The number of nitrogens with zero attached hydrogens (tertiary/aromatic N) is 1. The average Bonchev–Trinajstić information content (AvgIpc) is 3.04. The van der Waals surface area contributed by atoms with Gasteiger partial charge in [0.05, 0.1) is 6.21 Å². The summed E-state index contributed by atoms with van der Waals surface area (Å²) < 4.78 is 18.8. The number of nitrogens with one attached hydrogen (secondary N) is 1. The van der Waals surface area contributed by atoms with Crippen molar-refractivity contribution >= 4 is 12.1 Å². The first kappa shape index (κ1) is 27.2. The normalized spacial score (nSPS) is 10.7. The fourth-order valence-corrected chi connectivity index (χ4v) is 4.03. The lowest BCUT2D eigenvalue weighted by molar-refractivity contribution is 0.0953. The van der Waals surface area contributed by atoms with Crippen LogP contribution in [0.1, 0.15) is 32.6 Å². The molecule has 204 valence electrons. The number of amides is 1. The van der Waals surface area contributed by atoms with Gasteiger partial charge in [0.1, 0.15) is 19.8 Å². The lowest BCUT2D eigenvalue weighted by Crippen LogP contribution is -2.18. The Kier molecular flexibility index (Phi) is 9.39. The Labute approximate surface area is 239 Å². The second-order valence-corrected chi connectivity index (χ2v) is 9.23. The fourth-order valence-electron chi connectivity index (χ4n) is 4.03. The van der Waals surface area contributed by atoms with Crippen LogP contribution in [0, 0.1) is 0 Å². The van der Waals surface area contributed by atoms with E-state index in [2.05, 4.69) is 10.5 Å². The minimum atomic E-state index is -0.402. The van der Waals surface area contributed by atoms with Crippen LogP contribution in [-0.2, 0) is 19.8 Å². The van der Waals surface area contributed by atoms with Crippen LogP contribution in [-0.4, -0.2) is 12.1 Å². The van der Waals surface area contributed by atoms with Crippen LogP contribution in [0.5, 0.6) is 17.2 Å². The van der Waals surface area contributed by atoms with Crippen LogP contribution in [0.15, 0.2) is 139 Å². The summed E-state index contributed by atoms with van der Waals surface area (Å²) >= 11 is 0. The second kappa shape index (κ2) is 14.1. The molecule has 5 aromatic rings. The molecule has 0 aliphatic carbocycles. The molecule has 0 saturated carbocycles. The lowest BCUT2D eigenvalue weighted by atomic mass is 10.1. The maximum atomic E-state index is 13.2. The van der Waals surface area contributed by atoms with Gasteiger partial charge in [0.2, 0.25) is 5.75 Å². The van der Waals surface area contributed by atoms with Gasteiger partial charge in [-0.1, -0.05) is 121 Å².